The Morgan fingerprint density at radius 2 is 1.53 bits per heavy atom. The summed E-state index contributed by atoms with van der Waals surface area (Å²) in [5, 5.41) is 0. The van der Waals surface area contributed by atoms with Crippen molar-refractivity contribution in [2.75, 3.05) is 32.8 Å². The molecule has 0 spiro atoms. The summed E-state index contributed by atoms with van der Waals surface area (Å²) in [6.45, 7) is 17.4. The SMILES string of the molecule is C[C@@H]1CN(C(C)(C)C)C[C@H](C)N1CC1CCOCC1. The third kappa shape index (κ3) is 3.93. The Labute approximate surface area is 119 Å². The minimum Gasteiger partial charge on any atom is -0.381 e. The molecule has 0 aromatic rings. The molecule has 0 aromatic heterocycles. The molecule has 112 valence electrons. The van der Waals surface area contributed by atoms with Crippen molar-refractivity contribution in [1.82, 2.24) is 9.80 Å². The van der Waals surface area contributed by atoms with Gasteiger partial charge >= 0.3 is 0 Å². The molecule has 0 aromatic carbocycles. The highest BCUT2D eigenvalue weighted by atomic mass is 16.5. The molecule has 0 unspecified atom stereocenters. The van der Waals surface area contributed by atoms with Gasteiger partial charge in [0.1, 0.15) is 0 Å². The zero-order valence-electron chi connectivity index (χ0n) is 13.5. The number of rotatable bonds is 2. The molecule has 0 saturated carbocycles. The van der Waals surface area contributed by atoms with Gasteiger partial charge in [-0.3, -0.25) is 9.80 Å². The van der Waals surface area contributed by atoms with E-state index in [1.54, 1.807) is 0 Å². The van der Waals surface area contributed by atoms with Crippen molar-refractivity contribution in [1.29, 1.82) is 0 Å². The summed E-state index contributed by atoms with van der Waals surface area (Å²) in [5.41, 5.74) is 0.299. The van der Waals surface area contributed by atoms with Crippen molar-refractivity contribution in [3.8, 4) is 0 Å². The zero-order chi connectivity index (χ0) is 14.0. The molecule has 2 atom stereocenters. The largest absolute Gasteiger partial charge is 0.381 e. The maximum Gasteiger partial charge on any atom is 0.0469 e. The highest BCUT2D eigenvalue weighted by Crippen LogP contribution is 2.25. The summed E-state index contributed by atoms with van der Waals surface area (Å²) in [4.78, 5) is 5.38. The highest BCUT2D eigenvalue weighted by molar-refractivity contribution is 4.91. The quantitative estimate of drug-likeness (QED) is 0.765. The molecule has 2 saturated heterocycles. The van der Waals surface area contributed by atoms with Crippen LogP contribution in [-0.2, 0) is 4.74 Å². The van der Waals surface area contributed by atoms with Crippen LogP contribution in [-0.4, -0.2) is 60.3 Å². The smallest absolute Gasteiger partial charge is 0.0469 e. The lowest BCUT2D eigenvalue weighted by Crippen LogP contribution is -2.61. The molecule has 2 heterocycles. The van der Waals surface area contributed by atoms with Crippen LogP contribution in [0.25, 0.3) is 0 Å². The van der Waals surface area contributed by atoms with Gasteiger partial charge < -0.3 is 4.74 Å². The second kappa shape index (κ2) is 6.11. The lowest BCUT2D eigenvalue weighted by molar-refractivity contribution is -0.0251. The van der Waals surface area contributed by atoms with E-state index in [-0.39, 0.29) is 0 Å². The van der Waals surface area contributed by atoms with Crippen LogP contribution >= 0.6 is 0 Å². The predicted octanol–water partition coefficient (Wildman–Crippen LogP) is 2.61. The molecular formula is C16H32N2O. The fourth-order valence-corrected chi connectivity index (χ4v) is 3.49. The van der Waals surface area contributed by atoms with Crippen LogP contribution in [0.15, 0.2) is 0 Å². The molecule has 19 heavy (non-hydrogen) atoms. The normalized spacial score (nSPS) is 32.7. The fourth-order valence-electron chi connectivity index (χ4n) is 3.49. The highest BCUT2D eigenvalue weighted by Gasteiger charge is 2.35. The maximum atomic E-state index is 5.48. The van der Waals surface area contributed by atoms with Crippen LogP contribution in [0.5, 0.6) is 0 Å². The summed E-state index contributed by atoms with van der Waals surface area (Å²) >= 11 is 0. The summed E-state index contributed by atoms with van der Waals surface area (Å²) in [5.74, 6) is 0.847. The molecular weight excluding hydrogens is 236 g/mol. The van der Waals surface area contributed by atoms with Crippen molar-refractivity contribution < 1.29 is 4.74 Å². The number of hydrogen-bond acceptors (Lipinski definition) is 3. The topological polar surface area (TPSA) is 15.7 Å². The summed E-state index contributed by atoms with van der Waals surface area (Å²) < 4.78 is 5.48. The van der Waals surface area contributed by atoms with E-state index in [2.05, 4.69) is 44.4 Å². The molecule has 0 N–H and O–H groups in total. The van der Waals surface area contributed by atoms with Gasteiger partial charge in [0.15, 0.2) is 0 Å². The lowest BCUT2D eigenvalue weighted by atomic mass is 9.95. The standard InChI is InChI=1S/C16H32N2O/c1-13-10-17(16(3,4)5)11-14(2)18(13)12-15-6-8-19-9-7-15/h13-15H,6-12H2,1-5H3/t13-,14+. The molecule has 3 nitrogen and oxygen atoms in total. The Hall–Kier alpha value is -0.120. The molecule has 2 fully saturated rings. The predicted molar refractivity (Wildman–Crippen MR) is 80.5 cm³/mol. The van der Waals surface area contributed by atoms with Crippen molar-refractivity contribution >= 4 is 0 Å². The van der Waals surface area contributed by atoms with Gasteiger partial charge in [-0.15, -0.1) is 0 Å². The van der Waals surface area contributed by atoms with E-state index in [0.29, 0.717) is 17.6 Å². The average Bonchev–Trinajstić information content (AvgIpc) is 2.33. The first-order valence-corrected chi connectivity index (χ1v) is 7.96. The van der Waals surface area contributed by atoms with E-state index in [1.807, 2.05) is 0 Å². The Balaban J connectivity index is 1.91. The van der Waals surface area contributed by atoms with Crippen LogP contribution < -0.4 is 0 Å². The zero-order valence-corrected chi connectivity index (χ0v) is 13.5. The molecule has 3 heteroatoms. The van der Waals surface area contributed by atoms with Crippen LogP contribution in [0, 0.1) is 5.92 Å². The minimum atomic E-state index is 0.299. The van der Waals surface area contributed by atoms with E-state index in [0.717, 1.165) is 19.1 Å². The van der Waals surface area contributed by atoms with Gasteiger partial charge in [0.25, 0.3) is 0 Å². The van der Waals surface area contributed by atoms with Gasteiger partial charge in [-0.25, -0.2) is 0 Å². The number of piperazine rings is 1. The van der Waals surface area contributed by atoms with E-state index in [9.17, 15) is 0 Å². The van der Waals surface area contributed by atoms with Gasteiger partial charge in [0.2, 0.25) is 0 Å². The summed E-state index contributed by atoms with van der Waals surface area (Å²) in [6, 6.07) is 1.34. The fraction of sp³-hybridized carbons (Fsp3) is 1.00. The second-order valence-electron chi connectivity index (χ2n) is 7.53. The molecule has 0 radical (unpaired) electrons. The van der Waals surface area contributed by atoms with E-state index < -0.39 is 0 Å². The Morgan fingerprint density at radius 1 is 1.00 bits per heavy atom. The van der Waals surface area contributed by atoms with Gasteiger partial charge in [-0.2, -0.15) is 0 Å². The molecule has 0 aliphatic carbocycles. The molecule has 0 amide bonds. The van der Waals surface area contributed by atoms with Crippen molar-refractivity contribution in [3.05, 3.63) is 0 Å². The molecule has 2 rings (SSSR count). The first kappa shape index (κ1) is 15.3. The molecule has 0 bridgehead atoms. The van der Waals surface area contributed by atoms with Gasteiger partial charge in [0.05, 0.1) is 0 Å². The van der Waals surface area contributed by atoms with Crippen molar-refractivity contribution in [3.63, 3.8) is 0 Å². The van der Waals surface area contributed by atoms with Crippen LogP contribution in [0.1, 0.15) is 47.5 Å². The first-order valence-electron chi connectivity index (χ1n) is 7.96. The van der Waals surface area contributed by atoms with Gasteiger partial charge in [0, 0.05) is 50.5 Å². The molecule has 2 aliphatic heterocycles. The van der Waals surface area contributed by atoms with Crippen molar-refractivity contribution in [2.24, 2.45) is 5.92 Å². The monoisotopic (exact) mass is 268 g/mol. The van der Waals surface area contributed by atoms with Crippen LogP contribution in [0.2, 0.25) is 0 Å². The van der Waals surface area contributed by atoms with Gasteiger partial charge in [-0.05, 0) is 53.4 Å². The van der Waals surface area contributed by atoms with Crippen LogP contribution in [0.3, 0.4) is 0 Å². The average molecular weight is 268 g/mol. The van der Waals surface area contributed by atoms with Gasteiger partial charge in [-0.1, -0.05) is 0 Å². The molecule has 2 aliphatic rings. The summed E-state index contributed by atoms with van der Waals surface area (Å²) in [6.07, 6.45) is 2.50. The van der Waals surface area contributed by atoms with Crippen LogP contribution in [0.4, 0.5) is 0 Å². The Bertz CT molecular complexity index is 269. The van der Waals surface area contributed by atoms with Crippen molar-refractivity contribution in [2.45, 2.75) is 65.1 Å². The Kier molecular flexibility index (Phi) is 4.91. The third-order valence-corrected chi connectivity index (χ3v) is 4.86. The van der Waals surface area contributed by atoms with E-state index in [1.165, 1.54) is 32.5 Å². The Morgan fingerprint density at radius 3 is 2.00 bits per heavy atom. The third-order valence-electron chi connectivity index (χ3n) is 4.86. The van der Waals surface area contributed by atoms with E-state index >= 15 is 0 Å². The second-order valence-corrected chi connectivity index (χ2v) is 7.53. The summed E-state index contributed by atoms with van der Waals surface area (Å²) in [7, 11) is 0. The first-order chi connectivity index (χ1) is 8.88. The minimum absolute atomic E-state index is 0.299. The van der Waals surface area contributed by atoms with E-state index in [4.69, 9.17) is 4.74 Å². The number of nitrogens with zero attached hydrogens (tertiary/aromatic N) is 2. The lowest BCUT2D eigenvalue weighted by Gasteiger charge is -2.50. The number of ether oxygens (including phenoxy) is 1. The maximum absolute atomic E-state index is 5.48. The number of hydrogen-bond donors (Lipinski definition) is 0.